The van der Waals surface area contributed by atoms with Crippen molar-refractivity contribution < 1.29 is 0 Å². The molecular weight excluding hydrogens is 312 g/mol. The van der Waals surface area contributed by atoms with Crippen LogP contribution >= 0.6 is 46.4 Å². The van der Waals surface area contributed by atoms with Crippen molar-refractivity contribution >= 4 is 46.4 Å². The van der Waals surface area contributed by atoms with Crippen molar-refractivity contribution in [2.45, 2.75) is 6.54 Å². The Morgan fingerprint density at radius 1 is 0.833 bits per heavy atom. The number of hydrogen-bond acceptors (Lipinski definition) is 1. The van der Waals surface area contributed by atoms with Gasteiger partial charge in [-0.25, -0.2) is 0 Å². The summed E-state index contributed by atoms with van der Waals surface area (Å²) < 4.78 is 0. The second-order valence-electron chi connectivity index (χ2n) is 3.75. The topological polar surface area (TPSA) is 26.0 Å². The first-order chi connectivity index (χ1) is 8.52. The fourth-order valence-corrected chi connectivity index (χ4v) is 2.99. The molecule has 2 aromatic carbocycles. The van der Waals surface area contributed by atoms with Crippen LogP contribution in [0.25, 0.3) is 11.1 Å². The van der Waals surface area contributed by atoms with Crippen LogP contribution in [0, 0.1) is 0 Å². The van der Waals surface area contributed by atoms with E-state index in [9.17, 15) is 0 Å². The number of benzene rings is 2. The first kappa shape index (κ1) is 14.0. The Hall–Kier alpha value is -0.440. The molecule has 1 nitrogen and oxygen atoms in total. The van der Waals surface area contributed by atoms with Crippen molar-refractivity contribution in [2.75, 3.05) is 0 Å². The lowest BCUT2D eigenvalue weighted by Gasteiger charge is -2.12. The Bertz CT molecular complexity index is 573. The van der Waals surface area contributed by atoms with Gasteiger partial charge in [-0.1, -0.05) is 52.5 Å². The molecule has 0 unspecified atom stereocenters. The molecule has 0 spiro atoms. The predicted molar refractivity (Wildman–Crippen MR) is 79.8 cm³/mol. The van der Waals surface area contributed by atoms with Crippen molar-refractivity contribution in [3.8, 4) is 11.1 Å². The van der Waals surface area contributed by atoms with Gasteiger partial charge in [0.15, 0.2) is 0 Å². The minimum Gasteiger partial charge on any atom is -0.326 e. The third-order valence-corrected chi connectivity index (χ3v) is 3.61. The van der Waals surface area contributed by atoms with Crippen LogP contribution in [0.5, 0.6) is 0 Å². The Balaban J connectivity index is 2.69. The first-order valence-corrected chi connectivity index (χ1v) is 6.67. The van der Waals surface area contributed by atoms with Crippen LogP contribution in [0.4, 0.5) is 0 Å². The molecule has 2 N–H and O–H groups in total. The molecule has 0 saturated heterocycles. The van der Waals surface area contributed by atoms with Gasteiger partial charge in [-0.15, -0.1) is 0 Å². The van der Waals surface area contributed by atoms with Crippen molar-refractivity contribution in [3.63, 3.8) is 0 Å². The lowest BCUT2D eigenvalue weighted by atomic mass is 9.99. The number of rotatable bonds is 2. The molecule has 2 rings (SSSR count). The van der Waals surface area contributed by atoms with Gasteiger partial charge in [0.2, 0.25) is 0 Å². The second-order valence-corrected chi connectivity index (χ2v) is 5.44. The highest BCUT2D eigenvalue weighted by Gasteiger charge is 2.13. The average molecular weight is 321 g/mol. The van der Waals surface area contributed by atoms with Crippen molar-refractivity contribution in [1.82, 2.24) is 0 Å². The summed E-state index contributed by atoms with van der Waals surface area (Å²) in [6, 6.07) is 8.74. The molecule has 0 heterocycles. The smallest absolute Gasteiger partial charge is 0.0514 e. The Morgan fingerprint density at radius 2 is 1.44 bits per heavy atom. The van der Waals surface area contributed by atoms with Crippen LogP contribution in [0.1, 0.15) is 5.56 Å². The lowest BCUT2D eigenvalue weighted by molar-refractivity contribution is 1.07. The van der Waals surface area contributed by atoms with E-state index in [4.69, 9.17) is 52.1 Å². The molecule has 0 aliphatic heterocycles. The molecule has 18 heavy (non-hydrogen) atoms. The molecule has 0 bridgehead atoms. The predicted octanol–water partition coefficient (Wildman–Crippen LogP) is 5.43. The molecule has 0 atom stereocenters. The minimum absolute atomic E-state index is 0.352. The zero-order chi connectivity index (χ0) is 13.3. The van der Waals surface area contributed by atoms with E-state index < -0.39 is 0 Å². The normalized spacial score (nSPS) is 10.7. The molecule has 0 radical (unpaired) electrons. The van der Waals surface area contributed by atoms with Gasteiger partial charge in [0.1, 0.15) is 0 Å². The SMILES string of the molecule is NCc1cc(Cl)ccc1-c1c(Cl)cc(Cl)cc1Cl. The summed E-state index contributed by atoms with van der Waals surface area (Å²) in [5, 5.41) is 2.10. The fourth-order valence-electron chi connectivity index (χ4n) is 1.77. The van der Waals surface area contributed by atoms with Gasteiger partial charge in [0, 0.05) is 22.2 Å². The zero-order valence-electron chi connectivity index (χ0n) is 9.18. The molecule has 94 valence electrons. The van der Waals surface area contributed by atoms with Gasteiger partial charge >= 0.3 is 0 Å². The van der Waals surface area contributed by atoms with Crippen LogP contribution in [-0.4, -0.2) is 0 Å². The fraction of sp³-hybridized carbons (Fsp3) is 0.0769. The van der Waals surface area contributed by atoms with E-state index in [0.29, 0.717) is 26.6 Å². The number of hydrogen-bond donors (Lipinski definition) is 1. The molecule has 0 aromatic heterocycles. The first-order valence-electron chi connectivity index (χ1n) is 5.16. The summed E-state index contributed by atoms with van der Waals surface area (Å²) in [4.78, 5) is 0. The molecular formula is C13H9Cl4N. The molecule has 2 aromatic rings. The summed E-state index contributed by atoms with van der Waals surface area (Å²) in [5.41, 5.74) is 8.19. The maximum Gasteiger partial charge on any atom is 0.0514 e. The van der Waals surface area contributed by atoms with E-state index in [0.717, 1.165) is 16.7 Å². The third kappa shape index (κ3) is 2.76. The van der Waals surface area contributed by atoms with Gasteiger partial charge < -0.3 is 5.73 Å². The zero-order valence-corrected chi connectivity index (χ0v) is 12.2. The van der Waals surface area contributed by atoms with E-state index in [1.54, 1.807) is 24.3 Å². The number of halogens is 4. The summed E-state index contributed by atoms with van der Waals surface area (Å²) in [6.07, 6.45) is 0. The van der Waals surface area contributed by atoms with Crippen molar-refractivity contribution in [3.05, 3.63) is 56.0 Å². The Morgan fingerprint density at radius 3 is 2.00 bits per heavy atom. The van der Waals surface area contributed by atoms with E-state index in [2.05, 4.69) is 0 Å². The van der Waals surface area contributed by atoms with Crippen molar-refractivity contribution in [2.24, 2.45) is 5.73 Å². The lowest BCUT2D eigenvalue weighted by Crippen LogP contribution is -1.99. The van der Waals surface area contributed by atoms with Crippen LogP contribution in [0.2, 0.25) is 20.1 Å². The molecule has 0 saturated carbocycles. The van der Waals surface area contributed by atoms with Crippen LogP contribution < -0.4 is 5.73 Å². The summed E-state index contributed by atoms with van der Waals surface area (Å²) in [5.74, 6) is 0. The molecule has 0 aliphatic rings. The Kier molecular flexibility index (Phi) is 4.41. The average Bonchev–Trinajstić information content (AvgIpc) is 2.29. The maximum absolute atomic E-state index is 6.20. The highest BCUT2D eigenvalue weighted by Crippen LogP contribution is 2.39. The largest absolute Gasteiger partial charge is 0.326 e. The highest BCUT2D eigenvalue weighted by atomic mass is 35.5. The van der Waals surface area contributed by atoms with Crippen LogP contribution in [0.15, 0.2) is 30.3 Å². The standard InChI is InChI=1S/C13H9Cl4N/c14-8-1-2-10(7(3-8)6-18)13-11(16)4-9(15)5-12(13)17/h1-5H,6,18H2. The van der Waals surface area contributed by atoms with Crippen LogP contribution in [-0.2, 0) is 6.54 Å². The third-order valence-electron chi connectivity index (χ3n) is 2.56. The van der Waals surface area contributed by atoms with Gasteiger partial charge in [-0.2, -0.15) is 0 Å². The summed E-state index contributed by atoms with van der Waals surface area (Å²) >= 11 is 24.2. The van der Waals surface area contributed by atoms with Gasteiger partial charge in [0.05, 0.1) is 10.0 Å². The van der Waals surface area contributed by atoms with Gasteiger partial charge in [-0.05, 0) is 35.4 Å². The summed E-state index contributed by atoms with van der Waals surface area (Å²) in [7, 11) is 0. The summed E-state index contributed by atoms with van der Waals surface area (Å²) in [6.45, 7) is 0.352. The number of nitrogens with two attached hydrogens (primary N) is 1. The second kappa shape index (κ2) is 5.68. The van der Waals surface area contributed by atoms with Crippen molar-refractivity contribution in [1.29, 1.82) is 0 Å². The van der Waals surface area contributed by atoms with Gasteiger partial charge in [0.25, 0.3) is 0 Å². The molecule has 0 aliphatic carbocycles. The van der Waals surface area contributed by atoms with E-state index in [1.807, 2.05) is 6.07 Å². The van der Waals surface area contributed by atoms with E-state index in [-0.39, 0.29) is 0 Å². The van der Waals surface area contributed by atoms with E-state index in [1.165, 1.54) is 0 Å². The van der Waals surface area contributed by atoms with Gasteiger partial charge in [-0.3, -0.25) is 0 Å². The quantitative estimate of drug-likeness (QED) is 0.784. The molecule has 0 amide bonds. The molecule has 0 fully saturated rings. The Labute approximate surface area is 125 Å². The monoisotopic (exact) mass is 319 g/mol. The van der Waals surface area contributed by atoms with Crippen LogP contribution in [0.3, 0.4) is 0 Å². The van der Waals surface area contributed by atoms with E-state index >= 15 is 0 Å². The minimum atomic E-state index is 0.352. The maximum atomic E-state index is 6.20. The molecule has 5 heteroatoms. The highest BCUT2D eigenvalue weighted by molar-refractivity contribution is 6.42.